The number of carbonyl (C=O) groups is 1. The fraction of sp³-hybridized carbons (Fsp3) is 0.200. The highest BCUT2D eigenvalue weighted by molar-refractivity contribution is 6.04. The van der Waals surface area contributed by atoms with E-state index in [9.17, 15) is 4.79 Å². The molecule has 1 N–H and O–H groups in total. The largest absolute Gasteiger partial charge is 0.457 e. The van der Waals surface area contributed by atoms with E-state index in [0.717, 1.165) is 22.9 Å². The predicted molar refractivity (Wildman–Crippen MR) is 98.4 cm³/mol. The maximum atomic E-state index is 12.6. The molecular formula is C20H21N3O2. The first-order chi connectivity index (χ1) is 12.0. The number of nitrogens with zero attached hydrogens (tertiary/aromatic N) is 2. The molecule has 0 radical (unpaired) electrons. The Bertz CT molecular complexity index is 839. The number of ether oxygens (including phenoxy) is 1. The minimum atomic E-state index is -0.153. The first-order valence-corrected chi connectivity index (χ1v) is 8.21. The predicted octanol–water partition coefficient (Wildman–Crippen LogP) is 4.60. The molecule has 0 saturated heterocycles. The van der Waals surface area contributed by atoms with Crippen LogP contribution in [0, 0.1) is 0 Å². The molecule has 0 aliphatic rings. The van der Waals surface area contributed by atoms with Crippen molar-refractivity contribution < 1.29 is 9.53 Å². The van der Waals surface area contributed by atoms with Gasteiger partial charge in [0, 0.05) is 18.4 Å². The van der Waals surface area contributed by atoms with Crippen molar-refractivity contribution in [2.45, 2.75) is 19.8 Å². The topological polar surface area (TPSA) is 58.2 Å². The molecule has 0 unspecified atom stereocenters. The minimum Gasteiger partial charge on any atom is -0.457 e. The van der Waals surface area contributed by atoms with Crippen LogP contribution < -0.4 is 9.64 Å². The first-order valence-electron chi connectivity index (χ1n) is 8.21. The fourth-order valence-corrected chi connectivity index (χ4v) is 2.39. The highest BCUT2D eigenvalue weighted by Crippen LogP contribution is 2.24. The van der Waals surface area contributed by atoms with Crippen LogP contribution in [0.5, 0.6) is 11.5 Å². The van der Waals surface area contributed by atoms with Crippen molar-refractivity contribution in [2.24, 2.45) is 0 Å². The van der Waals surface area contributed by atoms with Gasteiger partial charge in [-0.15, -0.1) is 0 Å². The third kappa shape index (κ3) is 3.88. The second-order valence-electron chi connectivity index (χ2n) is 6.14. The zero-order valence-electron chi connectivity index (χ0n) is 14.6. The normalized spacial score (nSPS) is 10.7. The number of anilines is 1. The van der Waals surface area contributed by atoms with E-state index in [1.165, 1.54) is 0 Å². The molecule has 25 heavy (non-hydrogen) atoms. The molecule has 0 aliphatic heterocycles. The highest BCUT2D eigenvalue weighted by Gasteiger charge is 2.17. The number of aromatic nitrogens is 2. The first kappa shape index (κ1) is 16.8. The average Bonchev–Trinajstić information content (AvgIpc) is 3.12. The Kier molecular flexibility index (Phi) is 4.84. The van der Waals surface area contributed by atoms with E-state index in [1.54, 1.807) is 18.0 Å². The summed E-state index contributed by atoms with van der Waals surface area (Å²) in [4.78, 5) is 14.1. The van der Waals surface area contributed by atoms with E-state index in [2.05, 4.69) is 24.0 Å². The van der Waals surface area contributed by atoms with E-state index in [-0.39, 0.29) is 5.91 Å². The summed E-state index contributed by atoms with van der Waals surface area (Å²) in [6.07, 6.45) is 0. The van der Waals surface area contributed by atoms with Gasteiger partial charge in [0.25, 0.3) is 5.91 Å². The van der Waals surface area contributed by atoms with E-state index in [0.29, 0.717) is 11.6 Å². The van der Waals surface area contributed by atoms with Crippen LogP contribution in [0.25, 0.3) is 0 Å². The van der Waals surface area contributed by atoms with Gasteiger partial charge in [-0.1, -0.05) is 32.0 Å². The van der Waals surface area contributed by atoms with Crippen LogP contribution in [0.15, 0.2) is 60.7 Å². The molecule has 0 atom stereocenters. The number of nitrogens with one attached hydrogen (secondary N) is 1. The lowest BCUT2D eigenvalue weighted by atomic mass is 10.1. The Morgan fingerprint density at radius 1 is 1.04 bits per heavy atom. The lowest BCUT2D eigenvalue weighted by Crippen LogP contribution is -2.26. The molecule has 3 rings (SSSR count). The van der Waals surface area contributed by atoms with Gasteiger partial charge in [-0.2, -0.15) is 5.10 Å². The van der Waals surface area contributed by atoms with E-state index < -0.39 is 0 Å². The van der Waals surface area contributed by atoms with Gasteiger partial charge in [0.15, 0.2) is 5.69 Å². The molecular weight excluding hydrogens is 314 g/mol. The molecule has 0 saturated carbocycles. The monoisotopic (exact) mass is 335 g/mol. The number of carbonyl (C=O) groups excluding carboxylic acids is 1. The molecule has 1 amide bonds. The van der Waals surface area contributed by atoms with Gasteiger partial charge < -0.3 is 9.64 Å². The lowest BCUT2D eigenvalue weighted by Gasteiger charge is -2.16. The van der Waals surface area contributed by atoms with Crippen LogP contribution in [0.4, 0.5) is 5.69 Å². The summed E-state index contributed by atoms with van der Waals surface area (Å²) in [7, 11) is 1.74. The number of amides is 1. The molecule has 0 aliphatic carbocycles. The van der Waals surface area contributed by atoms with Gasteiger partial charge in [-0.25, -0.2) is 0 Å². The van der Waals surface area contributed by atoms with Crippen molar-refractivity contribution in [1.82, 2.24) is 10.2 Å². The number of aromatic amines is 1. The number of hydrogen-bond donors (Lipinski definition) is 1. The van der Waals surface area contributed by atoms with Gasteiger partial charge in [0.1, 0.15) is 11.5 Å². The molecule has 1 heterocycles. The summed E-state index contributed by atoms with van der Waals surface area (Å²) >= 11 is 0. The van der Waals surface area contributed by atoms with Crippen molar-refractivity contribution in [2.75, 3.05) is 11.9 Å². The van der Waals surface area contributed by atoms with Gasteiger partial charge in [-0.3, -0.25) is 9.89 Å². The Hall–Kier alpha value is -3.08. The van der Waals surface area contributed by atoms with Crippen molar-refractivity contribution in [3.8, 4) is 11.5 Å². The maximum Gasteiger partial charge on any atom is 0.278 e. The second kappa shape index (κ2) is 7.21. The fourth-order valence-electron chi connectivity index (χ4n) is 2.39. The minimum absolute atomic E-state index is 0.153. The molecule has 0 fully saturated rings. The van der Waals surface area contributed by atoms with E-state index in [1.807, 2.05) is 54.6 Å². The van der Waals surface area contributed by atoms with Crippen LogP contribution in [-0.2, 0) is 0 Å². The third-order valence-corrected chi connectivity index (χ3v) is 3.95. The van der Waals surface area contributed by atoms with Crippen LogP contribution in [0.1, 0.15) is 35.9 Å². The van der Waals surface area contributed by atoms with Crippen LogP contribution >= 0.6 is 0 Å². The molecule has 2 aromatic carbocycles. The summed E-state index contributed by atoms with van der Waals surface area (Å²) < 4.78 is 5.77. The highest BCUT2D eigenvalue weighted by atomic mass is 16.5. The zero-order valence-corrected chi connectivity index (χ0v) is 14.6. The zero-order chi connectivity index (χ0) is 17.8. The van der Waals surface area contributed by atoms with Gasteiger partial charge in [-0.05, 0) is 48.4 Å². The Labute approximate surface area is 147 Å². The summed E-state index contributed by atoms with van der Waals surface area (Å²) in [5, 5.41) is 7.03. The van der Waals surface area contributed by atoms with Gasteiger partial charge in [0.05, 0.1) is 0 Å². The molecule has 0 bridgehead atoms. The second-order valence-corrected chi connectivity index (χ2v) is 6.14. The SMILES string of the molecule is CC(C)c1cc(C(=O)N(C)c2ccc(Oc3ccccc3)cc2)n[nH]1. The number of H-pyrrole nitrogens is 1. The third-order valence-electron chi connectivity index (χ3n) is 3.95. The van der Waals surface area contributed by atoms with E-state index in [4.69, 9.17) is 4.74 Å². The number of rotatable bonds is 5. The molecule has 5 heteroatoms. The number of benzene rings is 2. The van der Waals surface area contributed by atoms with Crippen LogP contribution in [0.2, 0.25) is 0 Å². The number of hydrogen-bond acceptors (Lipinski definition) is 3. The maximum absolute atomic E-state index is 12.6. The molecule has 1 aromatic heterocycles. The molecule has 3 aromatic rings. The van der Waals surface area contributed by atoms with Crippen molar-refractivity contribution in [1.29, 1.82) is 0 Å². The summed E-state index contributed by atoms with van der Waals surface area (Å²) in [5.41, 5.74) is 2.14. The average molecular weight is 335 g/mol. The quantitative estimate of drug-likeness (QED) is 0.741. The van der Waals surface area contributed by atoms with Crippen molar-refractivity contribution >= 4 is 11.6 Å². The Balaban J connectivity index is 1.71. The van der Waals surface area contributed by atoms with Crippen molar-refractivity contribution in [3.63, 3.8) is 0 Å². The summed E-state index contributed by atoms with van der Waals surface area (Å²) in [6.45, 7) is 4.11. The van der Waals surface area contributed by atoms with Crippen LogP contribution in [-0.4, -0.2) is 23.2 Å². The summed E-state index contributed by atoms with van der Waals surface area (Å²) in [5.74, 6) is 1.64. The lowest BCUT2D eigenvalue weighted by molar-refractivity contribution is 0.0988. The standard InChI is InChI=1S/C20H21N3O2/c1-14(2)18-13-19(22-21-18)20(24)23(3)15-9-11-17(12-10-15)25-16-7-5-4-6-8-16/h4-14H,1-3H3,(H,21,22). The van der Waals surface area contributed by atoms with Gasteiger partial charge >= 0.3 is 0 Å². The van der Waals surface area contributed by atoms with Crippen LogP contribution in [0.3, 0.4) is 0 Å². The van der Waals surface area contributed by atoms with Gasteiger partial charge in [0.2, 0.25) is 0 Å². The molecule has 5 nitrogen and oxygen atoms in total. The van der Waals surface area contributed by atoms with E-state index >= 15 is 0 Å². The molecule has 128 valence electrons. The summed E-state index contributed by atoms with van der Waals surface area (Å²) in [6, 6.07) is 18.8. The Morgan fingerprint density at radius 2 is 1.68 bits per heavy atom. The smallest absolute Gasteiger partial charge is 0.278 e. The van der Waals surface area contributed by atoms with Crippen molar-refractivity contribution in [3.05, 3.63) is 72.1 Å². The number of para-hydroxylation sites is 1. The Morgan fingerprint density at radius 3 is 2.28 bits per heavy atom. The molecule has 0 spiro atoms.